The number of fused-ring (bicyclic) bond motifs is 4. The normalized spacial score (nSPS) is 13.3. The second-order valence-corrected chi connectivity index (χ2v) is 26.0. The average Bonchev–Trinajstić information content (AvgIpc) is 3.93. The van der Waals surface area contributed by atoms with Crippen molar-refractivity contribution in [2.45, 2.75) is 105 Å². The Bertz CT molecular complexity index is 3390. The maximum absolute atomic E-state index is 6.20. The van der Waals surface area contributed by atoms with Crippen molar-refractivity contribution >= 4 is 46.4 Å². The van der Waals surface area contributed by atoms with Crippen molar-refractivity contribution in [2.75, 3.05) is 0 Å². The molecular weight excluding hydrogens is 1050 g/mol. The molecule has 1 fully saturated rings. The molecule has 10 aromatic rings. The van der Waals surface area contributed by atoms with Crippen molar-refractivity contribution in [3.05, 3.63) is 180 Å². The van der Waals surface area contributed by atoms with Crippen LogP contribution in [0.3, 0.4) is 0 Å². The van der Waals surface area contributed by atoms with Crippen LogP contribution in [-0.4, -0.2) is 32.6 Å². The summed E-state index contributed by atoms with van der Waals surface area (Å²) in [6, 6.07) is 54.0. The standard InChI is InChI=1S/C42H35N4O.C20H26NSi.Ir/c1-25-14-13-19-35-37(25)38-36(47-35)21-20-33(44-38)41-45-34-22-26(2)43-27(3)39(34)46(41)40-31(28-15-9-7-10-16-28)23-30(42(4,5)6)24-32(40)29-17-11-8-12-18-29;1-22(2,3)19-13-14-20(21-15-19)18-11-9-17(10-12-18)16-7-5-4-6-8-16;/h7-19,21-24H,1-6H3;9-11,13-16H,4-8H2,1-3H3;/q2*-1;. The Labute approximate surface area is 428 Å². The van der Waals surface area contributed by atoms with E-state index in [1.165, 1.54) is 48.4 Å². The van der Waals surface area contributed by atoms with E-state index in [1.54, 1.807) is 0 Å². The van der Waals surface area contributed by atoms with E-state index < -0.39 is 8.07 Å². The molecule has 0 unspecified atom stereocenters. The van der Waals surface area contributed by atoms with E-state index in [9.17, 15) is 0 Å². The topological polar surface area (TPSA) is 69.6 Å². The number of rotatable bonds is 7. The zero-order chi connectivity index (χ0) is 48.0. The SMILES string of the molecule is C[Si](C)(C)c1ccc(-c2[c-]cc(C3CCCCC3)cc2)nc1.Cc1cc2nc(-c3[c-]cc4oc5cccc(C)c5c4n3)n(-c3c(-c4ccccc4)cc(C(C)(C)C)cc3-c3ccccc3)c2c(C)n1.[Ir]. The molecule has 5 aromatic carbocycles. The number of aryl methyl sites for hydroxylation is 3. The molecule has 8 heteroatoms. The molecule has 70 heavy (non-hydrogen) atoms. The number of imidazole rings is 1. The molecule has 1 aliphatic rings. The van der Waals surface area contributed by atoms with Crippen molar-refractivity contribution in [3.63, 3.8) is 0 Å². The van der Waals surface area contributed by atoms with Crippen molar-refractivity contribution < 1.29 is 24.5 Å². The monoisotopic (exact) mass is 1110 g/mol. The molecule has 5 heterocycles. The fourth-order valence-electron chi connectivity index (χ4n) is 10.00. The summed E-state index contributed by atoms with van der Waals surface area (Å²) in [5.41, 5.74) is 18.0. The number of furan rings is 1. The van der Waals surface area contributed by atoms with Gasteiger partial charge in [0.15, 0.2) is 0 Å². The van der Waals surface area contributed by atoms with Crippen LogP contribution in [-0.2, 0) is 25.5 Å². The minimum absolute atomic E-state index is 0. The average molecular weight is 1110 g/mol. The number of hydrogen-bond donors (Lipinski definition) is 0. The summed E-state index contributed by atoms with van der Waals surface area (Å²) in [4.78, 5) is 20.2. The fraction of sp³-hybridized carbons (Fsp3) is 0.258. The summed E-state index contributed by atoms with van der Waals surface area (Å²) in [6.07, 6.45) is 8.92. The second-order valence-electron chi connectivity index (χ2n) is 21.0. The summed E-state index contributed by atoms with van der Waals surface area (Å²) >= 11 is 0. The number of nitrogens with zero attached hydrogens (tertiary/aromatic N) is 5. The summed E-state index contributed by atoms with van der Waals surface area (Å²) in [5, 5.41) is 2.42. The van der Waals surface area contributed by atoms with Crippen LogP contribution >= 0.6 is 0 Å². The summed E-state index contributed by atoms with van der Waals surface area (Å²) < 4.78 is 8.47. The molecule has 0 bridgehead atoms. The van der Waals surface area contributed by atoms with Gasteiger partial charge < -0.3 is 14.0 Å². The van der Waals surface area contributed by atoms with Gasteiger partial charge in [0.1, 0.15) is 5.58 Å². The van der Waals surface area contributed by atoms with E-state index >= 15 is 0 Å². The molecule has 0 saturated heterocycles. The first-order valence-electron chi connectivity index (χ1n) is 24.6. The largest absolute Gasteiger partial charge is 0.513 e. The Hall–Kier alpha value is -6.31. The van der Waals surface area contributed by atoms with Gasteiger partial charge in [-0.15, -0.1) is 47.5 Å². The van der Waals surface area contributed by atoms with Gasteiger partial charge in [0.05, 0.1) is 47.4 Å². The van der Waals surface area contributed by atoms with E-state index in [2.05, 4.69) is 197 Å². The van der Waals surface area contributed by atoms with Crippen LogP contribution in [0.15, 0.2) is 144 Å². The van der Waals surface area contributed by atoms with Gasteiger partial charge in [-0.3, -0.25) is 15.0 Å². The van der Waals surface area contributed by atoms with Crippen LogP contribution in [0.4, 0.5) is 0 Å². The van der Waals surface area contributed by atoms with E-state index in [-0.39, 0.29) is 25.5 Å². The molecule has 1 aliphatic carbocycles. The third-order valence-electron chi connectivity index (χ3n) is 13.8. The summed E-state index contributed by atoms with van der Waals surface area (Å²) in [5.74, 6) is 1.46. The first-order valence-corrected chi connectivity index (χ1v) is 28.1. The minimum Gasteiger partial charge on any atom is -0.513 e. The Morgan fingerprint density at radius 3 is 1.97 bits per heavy atom. The first kappa shape index (κ1) is 48.7. The minimum atomic E-state index is -1.26. The van der Waals surface area contributed by atoms with Gasteiger partial charge >= 0.3 is 0 Å². The maximum Gasteiger partial charge on any atom is 0.119 e. The van der Waals surface area contributed by atoms with Gasteiger partial charge in [0.25, 0.3) is 0 Å². The Balaban J connectivity index is 0.000000222. The maximum atomic E-state index is 6.20. The molecule has 0 spiro atoms. The molecule has 1 saturated carbocycles. The van der Waals surface area contributed by atoms with Crippen LogP contribution in [0.2, 0.25) is 19.6 Å². The van der Waals surface area contributed by atoms with Crippen molar-refractivity contribution in [3.8, 4) is 50.7 Å². The van der Waals surface area contributed by atoms with Gasteiger partial charge in [0.2, 0.25) is 0 Å². The number of pyridine rings is 3. The predicted molar refractivity (Wildman–Crippen MR) is 289 cm³/mol. The van der Waals surface area contributed by atoms with E-state index in [1.807, 2.05) is 25.1 Å². The molecule has 1 radical (unpaired) electrons. The third kappa shape index (κ3) is 9.74. The van der Waals surface area contributed by atoms with Gasteiger partial charge in [-0.05, 0) is 89.3 Å². The van der Waals surface area contributed by atoms with E-state index in [0.717, 1.165) is 89.6 Å². The fourth-order valence-corrected chi connectivity index (χ4v) is 11.0. The molecule has 0 aliphatic heterocycles. The molecule has 11 rings (SSSR count). The van der Waals surface area contributed by atoms with E-state index in [0.29, 0.717) is 17.1 Å². The van der Waals surface area contributed by atoms with Crippen molar-refractivity contribution in [1.82, 2.24) is 24.5 Å². The van der Waals surface area contributed by atoms with Gasteiger partial charge in [-0.2, -0.15) is 0 Å². The molecule has 0 atom stereocenters. The predicted octanol–water partition coefficient (Wildman–Crippen LogP) is 15.9. The molecule has 6 nitrogen and oxygen atoms in total. The Kier molecular flexibility index (Phi) is 13.8. The summed E-state index contributed by atoms with van der Waals surface area (Å²) in [6.45, 7) is 20.1. The second kappa shape index (κ2) is 19.8. The van der Waals surface area contributed by atoms with Crippen LogP contribution in [0.5, 0.6) is 0 Å². The van der Waals surface area contributed by atoms with Crippen LogP contribution in [0.1, 0.15) is 86.9 Å². The quantitative estimate of drug-likeness (QED) is 0.117. The van der Waals surface area contributed by atoms with Crippen molar-refractivity contribution in [2.24, 2.45) is 0 Å². The van der Waals surface area contributed by atoms with Crippen LogP contribution in [0, 0.1) is 32.9 Å². The smallest absolute Gasteiger partial charge is 0.119 e. The number of aromatic nitrogens is 5. The van der Waals surface area contributed by atoms with Gasteiger partial charge in [-0.25, -0.2) is 0 Å². The molecular formula is C62H61IrN5OSi-2. The third-order valence-corrected chi connectivity index (χ3v) is 15.9. The van der Waals surface area contributed by atoms with Gasteiger partial charge in [0, 0.05) is 48.5 Å². The van der Waals surface area contributed by atoms with Crippen LogP contribution in [0.25, 0.3) is 83.8 Å². The molecule has 5 aromatic heterocycles. The van der Waals surface area contributed by atoms with Crippen molar-refractivity contribution in [1.29, 1.82) is 0 Å². The number of benzene rings is 5. The Morgan fingerprint density at radius 1 is 0.686 bits per heavy atom. The molecule has 355 valence electrons. The Morgan fingerprint density at radius 2 is 1.37 bits per heavy atom. The van der Waals surface area contributed by atoms with Gasteiger partial charge in [-0.1, -0.05) is 163 Å². The number of hydrogen-bond acceptors (Lipinski definition) is 5. The molecule has 0 N–H and O–H groups in total. The van der Waals surface area contributed by atoms with Crippen LogP contribution < -0.4 is 5.19 Å². The molecule has 0 amide bonds. The zero-order valence-corrected chi connectivity index (χ0v) is 45.3. The first-order chi connectivity index (χ1) is 33.2. The van der Waals surface area contributed by atoms with E-state index in [4.69, 9.17) is 19.4 Å². The zero-order valence-electron chi connectivity index (χ0n) is 41.9. The summed E-state index contributed by atoms with van der Waals surface area (Å²) in [7, 11) is -1.26.